The molecule has 184 valence electrons. The Bertz CT molecular complexity index is 965. The van der Waals surface area contributed by atoms with Gasteiger partial charge in [-0.25, -0.2) is 0 Å². The van der Waals surface area contributed by atoms with Crippen molar-refractivity contribution in [3.63, 3.8) is 0 Å². The molecule has 1 aliphatic carbocycles. The molecule has 2 amide bonds. The van der Waals surface area contributed by atoms with E-state index in [1.165, 1.54) is 0 Å². The van der Waals surface area contributed by atoms with Crippen LogP contribution in [-0.2, 0) is 16.1 Å². The summed E-state index contributed by atoms with van der Waals surface area (Å²) < 4.78 is 0. The third-order valence-corrected chi connectivity index (χ3v) is 8.00. The van der Waals surface area contributed by atoms with E-state index in [9.17, 15) is 9.59 Å². The van der Waals surface area contributed by atoms with Crippen molar-refractivity contribution in [1.29, 1.82) is 0 Å². The highest BCUT2D eigenvalue weighted by Gasteiger charge is 2.30. The van der Waals surface area contributed by atoms with Gasteiger partial charge in [0.05, 0.1) is 0 Å². The minimum atomic E-state index is -0.538. The number of thioether (sulfide) groups is 1. The molecule has 0 heterocycles. The Kier molecular flexibility index (Phi) is 10.9. The van der Waals surface area contributed by atoms with Gasteiger partial charge in [-0.15, -0.1) is 11.8 Å². The Morgan fingerprint density at radius 2 is 1.74 bits per heavy atom. The quantitative estimate of drug-likeness (QED) is 0.238. The monoisotopic (exact) mass is 540 g/mol. The molecule has 8 heteroatoms. The fraction of sp³-hybridized carbons (Fsp3) is 0.462. The molecule has 0 unspecified atom stereocenters. The van der Waals surface area contributed by atoms with E-state index in [0.29, 0.717) is 34.3 Å². The number of amides is 2. The normalized spacial score (nSPS) is 14.7. The molecule has 0 aromatic heterocycles. The van der Waals surface area contributed by atoms with Gasteiger partial charge in [0.1, 0.15) is 6.04 Å². The smallest absolute Gasteiger partial charge is 0.243 e. The molecule has 1 aliphatic rings. The van der Waals surface area contributed by atoms with Gasteiger partial charge in [-0.3, -0.25) is 9.59 Å². The van der Waals surface area contributed by atoms with Crippen molar-refractivity contribution in [1.82, 2.24) is 10.2 Å². The van der Waals surface area contributed by atoms with Crippen molar-refractivity contribution in [3.05, 3.63) is 63.1 Å². The number of nitrogens with zero attached hydrogens (tertiary/aromatic N) is 1. The molecule has 1 atom stereocenters. The Morgan fingerprint density at radius 1 is 1.06 bits per heavy atom. The van der Waals surface area contributed by atoms with E-state index in [0.717, 1.165) is 41.9 Å². The molecule has 2 aromatic rings. The first kappa shape index (κ1) is 27.2. The maximum atomic E-state index is 13.4. The van der Waals surface area contributed by atoms with E-state index < -0.39 is 6.04 Å². The van der Waals surface area contributed by atoms with Crippen molar-refractivity contribution < 1.29 is 9.59 Å². The standard InChI is InChI=1S/C26H31Cl3N2O2S/c1-2-24(26(33)30-21-6-3-4-7-21)31(17-18-9-10-20(28)16-23(18)29)25(32)8-5-15-34-22-13-11-19(27)12-14-22/h9-14,16,21,24H,2-8,15,17H2,1H3,(H,30,33)/t24-/m0/s1. The lowest BCUT2D eigenvalue weighted by Crippen LogP contribution is -2.50. The fourth-order valence-electron chi connectivity index (χ4n) is 4.21. The van der Waals surface area contributed by atoms with Crippen molar-refractivity contribution in [2.45, 2.75) is 75.4 Å². The zero-order valence-corrected chi connectivity index (χ0v) is 22.5. The molecule has 4 nitrogen and oxygen atoms in total. The van der Waals surface area contributed by atoms with Crippen LogP contribution < -0.4 is 5.32 Å². The zero-order valence-electron chi connectivity index (χ0n) is 19.4. The molecule has 1 fully saturated rings. The van der Waals surface area contributed by atoms with E-state index in [-0.39, 0.29) is 24.4 Å². The Labute approximate surface area is 221 Å². The summed E-state index contributed by atoms with van der Waals surface area (Å²) >= 11 is 20.1. The molecule has 0 spiro atoms. The van der Waals surface area contributed by atoms with E-state index in [4.69, 9.17) is 34.8 Å². The van der Waals surface area contributed by atoms with Crippen molar-refractivity contribution in [3.8, 4) is 0 Å². The van der Waals surface area contributed by atoms with Crippen LogP contribution in [0.15, 0.2) is 47.4 Å². The molecule has 34 heavy (non-hydrogen) atoms. The topological polar surface area (TPSA) is 49.4 Å². The second-order valence-electron chi connectivity index (χ2n) is 8.58. The van der Waals surface area contributed by atoms with Gasteiger partial charge in [-0.1, -0.05) is 60.6 Å². The summed E-state index contributed by atoms with van der Waals surface area (Å²) in [5.41, 5.74) is 0.780. The van der Waals surface area contributed by atoms with Crippen LogP contribution in [0.5, 0.6) is 0 Å². The van der Waals surface area contributed by atoms with Crippen LogP contribution in [0.25, 0.3) is 0 Å². The Hall–Kier alpha value is -1.40. The molecule has 0 saturated heterocycles. The highest BCUT2D eigenvalue weighted by atomic mass is 35.5. The summed E-state index contributed by atoms with van der Waals surface area (Å²) in [6.45, 7) is 2.22. The van der Waals surface area contributed by atoms with Crippen LogP contribution in [0.3, 0.4) is 0 Å². The van der Waals surface area contributed by atoms with Crippen molar-refractivity contribution in [2.75, 3.05) is 5.75 Å². The van der Waals surface area contributed by atoms with Crippen LogP contribution in [0, 0.1) is 0 Å². The maximum absolute atomic E-state index is 13.4. The molecular formula is C26H31Cl3N2O2S. The molecular weight excluding hydrogens is 511 g/mol. The number of hydrogen-bond acceptors (Lipinski definition) is 3. The first-order valence-corrected chi connectivity index (χ1v) is 13.9. The fourth-order valence-corrected chi connectivity index (χ4v) is 5.66. The molecule has 0 bridgehead atoms. The highest BCUT2D eigenvalue weighted by Crippen LogP contribution is 2.26. The predicted molar refractivity (Wildman–Crippen MR) is 143 cm³/mol. The summed E-state index contributed by atoms with van der Waals surface area (Å²) in [5, 5.41) is 4.91. The minimum Gasteiger partial charge on any atom is -0.352 e. The molecule has 3 rings (SSSR count). The first-order chi connectivity index (χ1) is 16.4. The second kappa shape index (κ2) is 13.6. The van der Waals surface area contributed by atoms with Gasteiger partial charge in [0, 0.05) is 39.0 Å². The van der Waals surface area contributed by atoms with Gasteiger partial charge in [0.15, 0.2) is 0 Å². The molecule has 1 N–H and O–H groups in total. The van der Waals surface area contributed by atoms with E-state index in [1.807, 2.05) is 37.3 Å². The Morgan fingerprint density at radius 3 is 2.38 bits per heavy atom. The van der Waals surface area contributed by atoms with Gasteiger partial charge < -0.3 is 10.2 Å². The molecule has 1 saturated carbocycles. The number of halogens is 3. The lowest BCUT2D eigenvalue weighted by molar-refractivity contribution is -0.141. The number of nitrogens with one attached hydrogen (secondary N) is 1. The van der Waals surface area contributed by atoms with Gasteiger partial charge in [0.25, 0.3) is 0 Å². The van der Waals surface area contributed by atoms with Gasteiger partial charge >= 0.3 is 0 Å². The largest absolute Gasteiger partial charge is 0.352 e. The Balaban J connectivity index is 1.67. The SMILES string of the molecule is CC[C@@H](C(=O)NC1CCCC1)N(Cc1ccc(Cl)cc1Cl)C(=O)CCCSc1ccc(Cl)cc1. The summed E-state index contributed by atoms with van der Waals surface area (Å²) in [6, 6.07) is 12.6. The van der Waals surface area contributed by atoms with E-state index >= 15 is 0 Å². The van der Waals surface area contributed by atoms with Gasteiger partial charge in [0.2, 0.25) is 11.8 Å². The number of benzene rings is 2. The summed E-state index contributed by atoms with van der Waals surface area (Å²) in [6.07, 6.45) is 5.87. The number of carbonyl (C=O) groups excluding carboxylic acids is 2. The lowest BCUT2D eigenvalue weighted by atomic mass is 10.1. The van der Waals surface area contributed by atoms with E-state index in [1.54, 1.807) is 28.8 Å². The second-order valence-corrected chi connectivity index (χ2v) is 11.0. The maximum Gasteiger partial charge on any atom is 0.243 e. The molecule has 2 aromatic carbocycles. The van der Waals surface area contributed by atoms with Gasteiger partial charge in [-0.05, 0) is 73.4 Å². The number of carbonyl (C=O) groups is 2. The van der Waals surface area contributed by atoms with Crippen LogP contribution in [-0.4, -0.2) is 34.6 Å². The zero-order chi connectivity index (χ0) is 24.5. The number of rotatable bonds is 11. The number of hydrogen-bond donors (Lipinski definition) is 1. The summed E-state index contributed by atoms with van der Waals surface area (Å²) in [4.78, 5) is 29.3. The van der Waals surface area contributed by atoms with Crippen molar-refractivity contribution >= 4 is 58.4 Å². The average Bonchev–Trinajstić information content (AvgIpc) is 3.32. The third kappa shape index (κ3) is 8.08. The van der Waals surface area contributed by atoms with E-state index in [2.05, 4.69) is 5.32 Å². The summed E-state index contributed by atoms with van der Waals surface area (Å²) in [7, 11) is 0. The molecule has 0 radical (unpaired) electrons. The van der Waals surface area contributed by atoms with Crippen LogP contribution in [0.1, 0.15) is 57.4 Å². The summed E-state index contributed by atoms with van der Waals surface area (Å²) in [5.74, 6) is 0.674. The minimum absolute atomic E-state index is 0.0452. The van der Waals surface area contributed by atoms with Crippen LogP contribution in [0.4, 0.5) is 0 Å². The highest BCUT2D eigenvalue weighted by molar-refractivity contribution is 7.99. The third-order valence-electron chi connectivity index (χ3n) is 6.06. The molecule has 0 aliphatic heterocycles. The van der Waals surface area contributed by atoms with Gasteiger partial charge in [-0.2, -0.15) is 0 Å². The lowest BCUT2D eigenvalue weighted by Gasteiger charge is -2.32. The average molecular weight is 542 g/mol. The van der Waals surface area contributed by atoms with Crippen LogP contribution >= 0.6 is 46.6 Å². The first-order valence-electron chi connectivity index (χ1n) is 11.8. The predicted octanol–water partition coefficient (Wildman–Crippen LogP) is 7.39. The van der Waals surface area contributed by atoms with Crippen molar-refractivity contribution in [2.24, 2.45) is 0 Å². The van der Waals surface area contributed by atoms with Crippen LogP contribution in [0.2, 0.25) is 15.1 Å².